The van der Waals surface area contributed by atoms with E-state index in [1.165, 1.54) is 27.8 Å². The van der Waals surface area contributed by atoms with Crippen LogP contribution in [0.1, 0.15) is 67.0 Å². The van der Waals surface area contributed by atoms with Gasteiger partial charge in [-0.15, -0.1) is 0 Å². The first-order chi connectivity index (χ1) is 11.6. The number of rotatable bonds is 7. The van der Waals surface area contributed by atoms with Crippen LogP contribution in [-0.2, 0) is 25.7 Å². The zero-order valence-electron chi connectivity index (χ0n) is 15.4. The van der Waals surface area contributed by atoms with Crippen molar-refractivity contribution in [3.05, 3.63) is 69.8 Å². The molecule has 0 fully saturated rings. The van der Waals surface area contributed by atoms with Crippen molar-refractivity contribution in [2.24, 2.45) is 5.73 Å². The zero-order valence-corrected chi connectivity index (χ0v) is 15.4. The molecule has 128 valence electrons. The third-order valence-corrected chi connectivity index (χ3v) is 4.99. The first-order valence-corrected chi connectivity index (χ1v) is 9.14. The highest BCUT2D eigenvalue weighted by atomic mass is 14.7. The van der Waals surface area contributed by atoms with Crippen molar-refractivity contribution in [3.8, 4) is 0 Å². The van der Waals surface area contributed by atoms with Crippen LogP contribution in [0, 0.1) is 5.41 Å². The second-order valence-corrected chi connectivity index (χ2v) is 6.27. The second-order valence-electron chi connectivity index (χ2n) is 6.27. The van der Waals surface area contributed by atoms with Crippen molar-refractivity contribution in [2.45, 2.75) is 59.3 Å². The number of hydrogen-bond acceptors (Lipinski definition) is 1. The Morgan fingerprint density at radius 1 is 0.875 bits per heavy atom. The Morgan fingerprint density at radius 2 is 1.46 bits per heavy atom. The molecule has 2 heteroatoms. The van der Waals surface area contributed by atoms with E-state index in [4.69, 9.17) is 11.1 Å². The van der Waals surface area contributed by atoms with E-state index >= 15 is 0 Å². The van der Waals surface area contributed by atoms with Gasteiger partial charge in [-0.1, -0.05) is 64.1 Å². The van der Waals surface area contributed by atoms with Crippen LogP contribution in [0.15, 0.2) is 36.4 Å². The predicted molar refractivity (Wildman–Crippen MR) is 104 cm³/mol. The maximum Gasteiger partial charge on any atom is 0.103 e. The topological polar surface area (TPSA) is 49.9 Å². The molecule has 0 heterocycles. The van der Waals surface area contributed by atoms with Gasteiger partial charge in [0.15, 0.2) is 0 Å². The van der Waals surface area contributed by atoms with E-state index in [1.807, 2.05) is 18.2 Å². The van der Waals surface area contributed by atoms with E-state index in [-0.39, 0.29) is 11.8 Å². The minimum atomic E-state index is -0.150. The minimum absolute atomic E-state index is 0.150. The number of benzene rings is 2. The second kappa shape index (κ2) is 8.14. The van der Waals surface area contributed by atoms with Crippen molar-refractivity contribution in [1.29, 1.82) is 5.41 Å². The van der Waals surface area contributed by atoms with E-state index in [0.717, 1.165) is 31.2 Å². The molecule has 24 heavy (non-hydrogen) atoms. The number of aryl methyl sites for hydroxylation is 1. The fourth-order valence-electron chi connectivity index (χ4n) is 3.94. The van der Waals surface area contributed by atoms with E-state index in [0.29, 0.717) is 0 Å². The van der Waals surface area contributed by atoms with Gasteiger partial charge in [0.05, 0.1) is 5.92 Å². The molecule has 1 atom stereocenters. The monoisotopic (exact) mass is 322 g/mol. The molecule has 1 unspecified atom stereocenters. The van der Waals surface area contributed by atoms with E-state index in [1.54, 1.807) is 0 Å². The van der Waals surface area contributed by atoms with Crippen molar-refractivity contribution >= 4 is 5.84 Å². The van der Waals surface area contributed by atoms with Crippen molar-refractivity contribution in [3.63, 3.8) is 0 Å². The lowest BCUT2D eigenvalue weighted by Gasteiger charge is -2.25. The molecule has 0 amide bonds. The summed E-state index contributed by atoms with van der Waals surface area (Å²) in [6.07, 6.45) is 4.10. The predicted octanol–water partition coefficient (Wildman–Crippen LogP) is 5.00. The van der Waals surface area contributed by atoms with Gasteiger partial charge in [-0.3, -0.25) is 5.41 Å². The molecule has 0 aliphatic carbocycles. The van der Waals surface area contributed by atoms with Crippen LogP contribution >= 0.6 is 0 Å². The fourth-order valence-corrected chi connectivity index (χ4v) is 3.94. The third kappa shape index (κ3) is 3.38. The summed E-state index contributed by atoms with van der Waals surface area (Å²) in [5.74, 6) is 0.0758. The van der Waals surface area contributed by atoms with Crippen molar-refractivity contribution in [1.82, 2.24) is 0 Å². The van der Waals surface area contributed by atoms with Crippen molar-refractivity contribution < 1.29 is 0 Å². The maximum atomic E-state index is 8.23. The molecule has 0 aliphatic rings. The first kappa shape index (κ1) is 18.3. The minimum Gasteiger partial charge on any atom is -0.387 e. The highest BCUT2D eigenvalue weighted by molar-refractivity contribution is 5.88. The molecule has 0 saturated carbocycles. The van der Waals surface area contributed by atoms with Gasteiger partial charge in [0.25, 0.3) is 0 Å². The van der Waals surface area contributed by atoms with Crippen molar-refractivity contribution in [2.75, 3.05) is 0 Å². The lowest BCUT2D eigenvalue weighted by molar-refractivity contribution is 0.902. The number of nitrogens with one attached hydrogen (secondary N) is 1. The molecule has 2 nitrogen and oxygen atoms in total. The Balaban J connectivity index is 2.77. The Hall–Kier alpha value is -2.09. The Labute approximate surface area is 146 Å². The summed E-state index contributed by atoms with van der Waals surface area (Å²) in [5.41, 5.74) is 14.1. The highest BCUT2D eigenvalue weighted by Gasteiger charge is 2.23. The molecule has 3 N–H and O–H groups in total. The number of hydrogen-bond donors (Lipinski definition) is 2. The maximum absolute atomic E-state index is 8.23. The molecule has 0 aromatic heterocycles. The summed E-state index contributed by atoms with van der Waals surface area (Å²) in [6, 6.07) is 12.5. The molecular weight excluding hydrogens is 292 g/mol. The highest BCUT2D eigenvalue weighted by Crippen LogP contribution is 2.34. The number of nitrogens with two attached hydrogens (primary N) is 1. The molecule has 0 radical (unpaired) electrons. The smallest absolute Gasteiger partial charge is 0.103 e. The standard InChI is InChI=1S/C22H30N2/c1-5-15-14-20(19(8-4)18(7-3)17(15)6-2)21(22(23)24)16-12-10-9-11-13-16/h9-14,21H,5-8H2,1-4H3,(H3,23,24). The van der Waals surface area contributed by atoms with E-state index < -0.39 is 0 Å². The van der Waals surface area contributed by atoms with Gasteiger partial charge in [0, 0.05) is 0 Å². The van der Waals surface area contributed by atoms with Crippen LogP contribution in [0.5, 0.6) is 0 Å². The SMILES string of the molecule is CCc1cc(C(C(=N)N)c2ccccc2)c(CC)c(CC)c1CC. The molecule has 0 bridgehead atoms. The third-order valence-electron chi connectivity index (χ3n) is 4.99. The van der Waals surface area contributed by atoms with Crippen LogP contribution in [0.2, 0.25) is 0 Å². The van der Waals surface area contributed by atoms with E-state index in [2.05, 4.69) is 45.9 Å². The van der Waals surface area contributed by atoms with E-state index in [9.17, 15) is 0 Å². The van der Waals surface area contributed by atoms with Gasteiger partial charge in [0.1, 0.15) is 5.84 Å². The van der Waals surface area contributed by atoms with Crippen LogP contribution < -0.4 is 5.73 Å². The molecular formula is C22H30N2. The van der Waals surface area contributed by atoms with Gasteiger partial charge in [0.2, 0.25) is 0 Å². The molecule has 0 aliphatic heterocycles. The lowest BCUT2D eigenvalue weighted by Crippen LogP contribution is -2.24. The van der Waals surface area contributed by atoms with Gasteiger partial charge < -0.3 is 5.73 Å². The van der Waals surface area contributed by atoms with Crippen LogP contribution in [0.25, 0.3) is 0 Å². The van der Waals surface area contributed by atoms with Gasteiger partial charge in [-0.05, 0) is 59.1 Å². The van der Waals surface area contributed by atoms with Gasteiger partial charge in [-0.2, -0.15) is 0 Å². The summed E-state index contributed by atoms with van der Waals surface area (Å²) < 4.78 is 0. The first-order valence-electron chi connectivity index (χ1n) is 9.14. The average Bonchev–Trinajstić information content (AvgIpc) is 2.61. The van der Waals surface area contributed by atoms with Crippen LogP contribution in [-0.4, -0.2) is 5.84 Å². The Bertz CT molecular complexity index is 702. The molecule has 2 aromatic carbocycles. The summed E-state index contributed by atoms with van der Waals surface area (Å²) in [6.45, 7) is 8.91. The normalized spacial score (nSPS) is 12.2. The molecule has 0 spiro atoms. The number of amidine groups is 1. The quantitative estimate of drug-likeness (QED) is 0.546. The summed E-state index contributed by atoms with van der Waals surface area (Å²) in [5, 5.41) is 8.23. The largest absolute Gasteiger partial charge is 0.387 e. The lowest BCUT2D eigenvalue weighted by atomic mass is 9.80. The summed E-state index contributed by atoms with van der Waals surface area (Å²) >= 11 is 0. The molecule has 2 rings (SSSR count). The summed E-state index contributed by atoms with van der Waals surface area (Å²) in [7, 11) is 0. The average molecular weight is 322 g/mol. The fraction of sp³-hybridized carbons (Fsp3) is 0.409. The molecule has 2 aromatic rings. The van der Waals surface area contributed by atoms with Crippen LogP contribution in [0.3, 0.4) is 0 Å². The van der Waals surface area contributed by atoms with Gasteiger partial charge >= 0.3 is 0 Å². The van der Waals surface area contributed by atoms with Crippen LogP contribution in [0.4, 0.5) is 0 Å². The Kier molecular flexibility index (Phi) is 6.19. The van der Waals surface area contributed by atoms with Gasteiger partial charge in [-0.25, -0.2) is 0 Å². The zero-order chi connectivity index (χ0) is 17.7. The molecule has 0 saturated heterocycles. The Morgan fingerprint density at radius 3 is 1.92 bits per heavy atom. The summed E-state index contributed by atoms with van der Waals surface area (Å²) in [4.78, 5) is 0.